The van der Waals surface area contributed by atoms with Crippen LogP contribution in [0.4, 0.5) is 4.39 Å². The number of rotatable bonds is 2. The predicted octanol–water partition coefficient (Wildman–Crippen LogP) is 0.245. The normalized spacial score (nSPS) is 10.5. The van der Waals surface area contributed by atoms with Gasteiger partial charge in [-0.25, -0.2) is 9.18 Å². The van der Waals surface area contributed by atoms with Crippen molar-refractivity contribution < 1.29 is 17.6 Å². The number of pyridine rings is 1. The first-order valence-corrected chi connectivity index (χ1v) is 4.45. The fraction of sp³-hybridized carbons (Fsp3) is 0. The van der Waals surface area contributed by atoms with E-state index in [4.69, 9.17) is 0 Å². The first-order valence-electron chi connectivity index (χ1n) is 3.01. The van der Waals surface area contributed by atoms with Crippen molar-refractivity contribution in [1.82, 2.24) is 4.98 Å². The number of aromatic nitrogens is 1. The van der Waals surface area contributed by atoms with Crippen LogP contribution >= 0.6 is 0 Å². The largest absolute Gasteiger partial charge is 0.294 e. The lowest BCUT2D eigenvalue weighted by Crippen LogP contribution is -1.97. The van der Waals surface area contributed by atoms with Gasteiger partial charge in [-0.15, -0.1) is 0 Å². The van der Waals surface area contributed by atoms with Crippen molar-refractivity contribution >= 4 is 16.1 Å². The summed E-state index contributed by atoms with van der Waals surface area (Å²) in [6.45, 7) is 0. The van der Waals surface area contributed by atoms with E-state index in [0.29, 0.717) is 6.07 Å². The average molecular weight is 202 g/mol. The van der Waals surface area contributed by atoms with Gasteiger partial charge in [0.25, 0.3) is 16.1 Å². The zero-order valence-corrected chi connectivity index (χ0v) is 6.95. The second-order valence-corrected chi connectivity index (χ2v) is 3.60. The number of halogens is 1. The lowest BCUT2D eigenvalue weighted by Gasteiger charge is -1.94. The summed E-state index contributed by atoms with van der Waals surface area (Å²) in [7, 11) is -4.13. The van der Waals surface area contributed by atoms with Crippen molar-refractivity contribution in [1.29, 1.82) is 0 Å². The monoisotopic (exact) mass is 202 g/mol. The van der Waals surface area contributed by atoms with Crippen LogP contribution in [0.25, 0.3) is 0 Å². The van der Waals surface area contributed by atoms with Crippen molar-refractivity contribution in [3.8, 4) is 0 Å². The van der Waals surface area contributed by atoms with Crippen molar-refractivity contribution in [2.45, 2.75) is 4.90 Å². The molecule has 0 amide bonds. The fourth-order valence-electron chi connectivity index (χ4n) is 0.635. The van der Waals surface area contributed by atoms with Crippen LogP contribution in [0.2, 0.25) is 0 Å². The molecule has 0 aliphatic heterocycles. The summed E-state index contributed by atoms with van der Waals surface area (Å²) in [6.07, 6.45) is 2.59. The highest BCUT2D eigenvalue weighted by Crippen LogP contribution is 2.10. The molecule has 0 bridgehead atoms. The molecule has 0 saturated heterocycles. The molecule has 13 heavy (non-hydrogen) atoms. The summed E-state index contributed by atoms with van der Waals surface area (Å²) in [5.74, 6) is -0.817. The minimum absolute atomic E-state index is 0.476. The first-order chi connectivity index (χ1) is 6.06. The smallest absolute Gasteiger partial charge is 0.260 e. The van der Waals surface area contributed by atoms with Gasteiger partial charge < -0.3 is 0 Å². The quantitative estimate of drug-likeness (QED) is 0.508. The van der Waals surface area contributed by atoms with Crippen LogP contribution in [0.1, 0.15) is 0 Å². The maximum absolute atomic E-state index is 12.5. The van der Waals surface area contributed by atoms with Gasteiger partial charge in [0.1, 0.15) is 10.7 Å². The van der Waals surface area contributed by atoms with Crippen LogP contribution in [0.3, 0.4) is 0 Å². The van der Waals surface area contributed by atoms with E-state index < -0.39 is 20.7 Å². The van der Waals surface area contributed by atoms with Crippen LogP contribution in [0.15, 0.2) is 27.8 Å². The zero-order valence-electron chi connectivity index (χ0n) is 6.14. The summed E-state index contributed by atoms with van der Waals surface area (Å²) in [6, 6.07) is 0.711. The minimum atomic E-state index is -4.13. The van der Waals surface area contributed by atoms with Gasteiger partial charge in [-0.2, -0.15) is 8.42 Å². The van der Waals surface area contributed by atoms with Gasteiger partial charge in [0.2, 0.25) is 0 Å². The number of hydrogen-bond donors (Lipinski definition) is 0. The summed E-state index contributed by atoms with van der Waals surface area (Å²) < 4.78 is 36.9. The van der Waals surface area contributed by atoms with Crippen molar-refractivity contribution in [3.05, 3.63) is 24.3 Å². The van der Waals surface area contributed by atoms with E-state index in [1.165, 1.54) is 0 Å². The summed E-state index contributed by atoms with van der Waals surface area (Å²) >= 11 is 0. The second kappa shape index (κ2) is 3.42. The van der Waals surface area contributed by atoms with Gasteiger partial charge in [-0.3, -0.25) is 4.98 Å². The maximum Gasteiger partial charge on any atom is 0.294 e. The van der Waals surface area contributed by atoms with Gasteiger partial charge in [-0.05, 0) is 6.07 Å². The van der Waals surface area contributed by atoms with Crippen molar-refractivity contribution in [2.24, 2.45) is 4.40 Å². The number of sulfonamides is 1. The molecule has 0 radical (unpaired) electrons. The van der Waals surface area contributed by atoms with Crippen LogP contribution in [-0.4, -0.2) is 19.5 Å². The topological polar surface area (TPSA) is 76.5 Å². The van der Waals surface area contributed by atoms with Crippen molar-refractivity contribution in [3.63, 3.8) is 0 Å². The van der Waals surface area contributed by atoms with E-state index >= 15 is 0 Å². The summed E-state index contributed by atoms with van der Waals surface area (Å²) in [4.78, 5) is 12.5. The van der Waals surface area contributed by atoms with E-state index in [9.17, 15) is 17.6 Å². The molecule has 0 N–H and O–H groups in total. The molecule has 0 saturated carbocycles. The Kier molecular flexibility index (Phi) is 2.50. The Bertz CT molecular complexity index is 465. The molecule has 0 aromatic carbocycles. The average Bonchev–Trinajstić information content (AvgIpc) is 2.04. The van der Waals surface area contributed by atoms with E-state index in [1.807, 2.05) is 0 Å². The van der Waals surface area contributed by atoms with E-state index in [-0.39, 0.29) is 0 Å². The van der Waals surface area contributed by atoms with Gasteiger partial charge in [0, 0.05) is 6.20 Å². The molecule has 1 aromatic rings. The molecule has 0 aliphatic rings. The fourth-order valence-corrected chi connectivity index (χ4v) is 1.29. The molecule has 5 nitrogen and oxygen atoms in total. The van der Waals surface area contributed by atoms with E-state index in [0.717, 1.165) is 18.5 Å². The summed E-state index contributed by atoms with van der Waals surface area (Å²) in [5, 5.41) is 0. The third kappa shape index (κ3) is 2.17. The second-order valence-electron chi connectivity index (χ2n) is 2.00. The zero-order chi connectivity index (χ0) is 9.90. The van der Waals surface area contributed by atoms with Crippen LogP contribution < -0.4 is 0 Å². The molecule has 0 unspecified atom stereocenters. The first kappa shape index (κ1) is 9.50. The Morgan fingerprint density at radius 2 is 2.15 bits per heavy atom. The highest BCUT2D eigenvalue weighted by molar-refractivity contribution is 7.90. The van der Waals surface area contributed by atoms with Crippen LogP contribution in [0, 0.1) is 5.82 Å². The Hall–Kier alpha value is -1.59. The Morgan fingerprint density at radius 1 is 1.46 bits per heavy atom. The molecule has 1 rings (SSSR count). The Morgan fingerprint density at radius 3 is 2.69 bits per heavy atom. The maximum atomic E-state index is 12.5. The van der Waals surface area contributed by atoms with E-state index in [1.54, 1.807) is 0 Å². The molecule has 1 heterocycles. The van der Waals surface area contributed by atoms with Crippen LogP contribution in [-0.2, 0) is 14.8 Å². The molecule has 0 aliphatic carbocycles. The number of nitrogens with zero attached hydrogens (tertiary/aromatic N) is 2. The molecule has 0 atom stereocenters. The third-order valence-corrected chi connectivity index (χ3v) is 2.27. The molecule has 68 valence electrons. The van der Waals surface area contributed by atoms with Crippen molar-refractivity contribution in [2.75, 3.05) is 0 Å². The van der Waals surface area contributed by atoms with Gasteiger partial charge in [0.05, 0.1) is 6.20 Å². The molecule has 0 fully saturated rings. The highest BCUT2D eigenvalue weighted by Gasteiger charge is 2.13. The molecular formula is C6H3FN2O3S. The van der Waals surface area contributed by atoms with Crippen LogP contribution in [0.5, 0.6) is 0 Å². The van der Waals surface area contributed by atoms with Gasteiger partial charge in [-0.1, -0.05) is 4.40 Å². The standard InChI is InChI=1S/C6H3FN2O3S/c7-5-1-6(3-8-2-5)13(11,12)9-4-10/h1-3H. The van der Waals surface area contributed by atoms with E-state index in [2.05, 4.69) is 9.38 Å². The molecular weight excluding hydrogens is 199 g/mol. The highest BCUT2D eigenvalue weighted by atomic mass is 32.2. The number of hydrogen-bond acceptors (Lipinski definition) is 4. The van der Waals surface area contributed by atoms with Gasteiger partial charge in [0.15, 0.2) is 0 Å². The predicted molar refractivity (Wildman–Crippen MR) is 39.5 cm³/mol. The lowest BCUT2D eigenvalue weighted by atomic mass is 10.5. The lowest BCUT2D eigenvalue weighted by molar-refractivity contribution is 0.563. The Balaban J connectivity index is 3.31. The Labute approximate surface area is 73.0 Å². The van der Waals surface area contributed by atoms with Gasteiger partial charge >= 0.3 is 0 Å². The number of isocyanates is 1. The molecule has 7 heteroatoms. The summed E-state index contributed by atoms with van der Waals surface area (Å²) in [5.41, 5.74) is 0. The molecule has 1 aromatic heterocycles. The third-order valence-electron chi connectivity index (χ3n) is 1.14. The SMILES string of the molecule is O=C=NS(=O)(=O)c1cncc(F)c1. The minimum Gasteiger partial charge on any atom is -0.260 e. The number of carbonyl (C=O) groups excluding carboxylic acids is 1. The molecule has 0 spiro atoms.